The number of ketones is 2. The van der Waals surface area contributed by atoms with Gasteiger partial charge in [0, 0.05) is 36.2 Å². The first-order valence-corrected chi connectivity index (χ1v) is 25.9. The van der Waals surface area contributed by atoms with E-state index < -0.39 is 60.0 Å². The second-order valence-electron chi connectivity index (χ2n) is 19.8. The van der Waals surface area contributed by atoms with Crippen molar-refractivity contribution in [1.82, 2.24) is 10.1 Å². The van der Waals surface area contributed by atoms with E-state index in [9.17, 15) is 5.11 Å². The van der Waals surface area contributed by atoms with Gasteiger partial charge in [0.2, 0.25) is 11.6 Å². The van der Waals surface area contributed by atoms with Crippen molar-refractivity contribution < 1.29 is 37.5 Å². The van der Waals surface area contributed by atoms with Gasteiger partial charge < -0.3 is 28.4 Å². The van der Waals surface area contributed by atoms with Gasteiger partial charge in [-0.3, -0.25) is 14.5 Å². The quantitative estimate of drug-likeness (QED) is 0.0836. The van der Waals surface area contributed by atoms with E-state index in [0.717, 1.165) is 22.3 Å². The molecule has 12 heteroatoms. The Morgan fingerprint density at radius 1 is 0.776 bits per heavy atom. The molecule has 1 heterocycles. The summed E-state index contributed by atoms with van der Waals surface area (Å²) in [6.45, 7) is 11.2. The fraction of sp³-hybridized carbons (Fsp3) is 0.327. The van der Waals surface area contributed by atoms with E-state index in [1.54, 1.807) is 0 Å². The van der Waals surface area contributed by atoms with Crippen molar-refractivity contribution in [1.29, 1.82) is 0 Å². The Hall–Kier alpha value is -6.34. The van der Waals surface area contributed by atoms with Gasteiger partial charge in [0.25, 0.3) is 5.88 Å². The number of aromatic nitrogens is 1. The molecule has 1 saturated carbocycles. The zero-order valence-electron chi connectivity index (χ0n) is 39.2. The maximum atomic E-state index is 17.3. The number of halogens is 1. The lowest BCUT2D eigenvalue weighted by Crippen LogP contribution is -2.68. The molecule has 0 radical (unpaired) electrons. The van der Waals surface area contributed by atoms with Crippen molar-refractivity contribution in [3.05, 3.63) is 183 Å². The lowest BCUT2D eigenvalue weighted by Gasteiger charge is -2.55. The Balaban J connectivity index is 1.24. The van der Waals surface area contributed by atoms with Crippen molar-refractivity contribution in [2.45, 2.75) is 89.7 Å². The summed E-state index contributed by atoms with van der Waals surface area (Å²) < 4.78 is 43.8. The molecule has 4 unspecified atom stereocenters. The van der Waals surface area contributed by atoms with Crippen LogP contribution in [0.2, 0.25) is 18.1 Å². The number of ether oxygens (including phenoxy) is 2. The number of nitrogens with zero attached hydrogens (tertiary/aromatic N) is 3. The van der Waals surface area contributed by atoms with Crippen LogP contribution in [0.25, 0.3) is 5.76 Å². The molecule has 0 spiro atoms. The summed E-state index contributed by atoms with van der Waals surface area (Å²) in [6.07, 6.45) is 0.269. The highest BCUT2D eigenvalue weighted by Gasteiger charge is 2.69. The minimum Gasteiger partial charge on any atom is -0.507 e. The first kappa shape index (κ1) is 45.8. The van der Waals surface area contributed by atoms with Crippen LogP contribution in [0.3, 0.4) is 0 Å². The second kappa shape index (κ2) is 18.0. The van der Waals surface area contributed by atoms with Gasteiger partial charge in [-0.2, -0.15) is 0 Å². The van der Waals surface area contributed by atoms with E-state index in [0.29, 0.717) is 18.8 Å². The maximum absolute atomic E-state index is 17.3. The second-order valence-corrected chi connectivity index (χ2v) is 24.6. The summed E-state index contributed by atoms with van der Waals surface area (Å²) in [5.41, 5.74) is 2.39. The molecule has 0 amide bonds. The van der Waals surface area contributed by atoms with Crippen molar-refractivity contribution in [2.75, 3.05) is 19.0 Å². The average Bonchev–Trinajstić information content (AvgIpc) is 3.73. The van der Waals surface area contributed by atoms with Crippen LogP contribution in [-0.4, -0.2) is 54.7 Å². The zero-order chi connectivity index (χ0) is 47.3. The van der Waals surface area contributed by atoms with Crippen molar-refractivity contribution in [3.8, 4) is 11.6 Å². The minimum atomic E-state index is -3.01. The lowest BCUT2D eigenvalue weighted by molar-refractivity contribution is -0.140. The van der Waals surface area contributed by atoms with Crippen LogP contribution in [0.5, 0.6) is 11.6 Å². The van der Waals surface area contributed by atoms with Crippen molar-refractivity contribution in [3.63, 3.8) is 0 Å². The summed E-state index contributed by atoms with van der Waals surface area (Å²) in [5.74, 6) is -3.20. The Morgan fingerprint density at radius 2 is 1.30 bits per heavy atom. The highest BCUT2D eigenvalue weighted by atomic mass is 28.4. The number of carbonyl (C=O) groups excluding carboxylic acids is 2. The molecule has 10 nitrogen and oxygen atoms in total. The van der Waals surface area contributed by atoms with Crippen LogP contribution in [0.15, 0.2) is 137 Å². The third-order valence-electron chi connectivity index (χ3n) is 14.2. The number of aliphatic hydroxyl groups excluding tert-OH is 1. The predicted molar refractivity (Wildman–Crippen MR) is 259 cm³/mol. The number of aliphatic hydroxyl groups is 1. The molecule has 1 N–H and O–H groups in total. The smallest absolute Gasteiger partial charge is 0.265 e. The predicted octanol–water partition coefficient (Wildman–Crippen LogP) is 11.5. The minimum absolute atomic E-state index is 0.0266. The van der Waals surface area contributed by atoms with Crippen LogP contribution >= 0.6 is 0 Å². The standard InChI is InChI=1S/C55H58FN3O7Si/c1-54(2,3)67(6,7)66-55-41(47(58(4)5)50-46(52(55)62)53(57-65-50)64-34-38-26-18-11-19-27-38)29-39-28-40-42(56)30-43(59(31-35-20-12-8-13-21-35)32-36-22-14-9-15-23-36)49(45(40)48(60)44(39)51(55)61)63-33-37-24-16-10-17-25-37/h8-27,30,39,41,47,60H,28-29,31-34H2,1-7H3. The average molecular weight is 920 g/mol. The van der Waals surface area contributed by atoms with Gasteiger partial charge in [-0.25, -0.2) is 4.39 Å². The number of anilines is 1. The Kier molecular flexibility index (Phi) is 12.3. The van der Waals surface area contributed by atoms with E-state index in [4.69, 9.17) is 18.4 Å². The number of rotatable bonds is 14. The largest absolute Gasteiger partial charge is 0.507 e. The molecule has 0 aliphatic heterocycles. The number of hydrogen-bond donors (Lipinski definition) is 1. The zero-order valence-corrected chi connectivity index (χ0v) is 40.2. The molecule has 9 rings (SSSR count). The number of carbonyl (C=O) groups is 2. The fourth-order valence-electron chi connectivity index (χ4n) is 9.90. The van der Waals surface area contributed by atoms with Crippen LogP contribution in [0.4, 0.5) is 10.1 Å². The van der Waals surface area contributed by atoms with Crippen LogP contribution in [-0.2, 0) is 41.9 Å². The van der Waals surface area contributed by atoms with Gasteiger partial charge in [0.15, 0.2) is 25.4 Å². The Labute approximate surface area is 393 Å². The Bertz CT molecular complexity index is 2770. The molecule has 1 fully saturated rings. The maximum Gasteiger partial charge on any atom is 0.265 e. The molecular formula is C55H58FN3O7Si. The molecule has 3 aliphatic rings. The summed E-state index contributed by atoms with van der Waals surface area (Å²) in [6, 6.07) is 39.8. The SMILES string of the molecule is CN(C)C1c2onc(OCc3ccccc3)c2C(=O)C2(O[Si](C)(C)C(C)(C)C)C(=O)C3=C(O)c4c(c(F)cc(N(Cc5ccccc5)Cc5ccccc5)c4OCc4ccccc4)CC3CC12. The number of benzene rings is 5. The molecule has 3 aliphatic carbocycles. The van der Waals surface area contributed by atoms with E-state index in [2.05, 4.69) is 25.9 Å². The molecule has 0 bridgehead atoms. The van der Waals surface area contributed by atoms with Crippen LogP contribution in [0, 0.1) is 17.7 Å². The summed E-state index contributed by atoms with van der Waals surface area (Å²) in [5, 5.41) is 16.9. The number of hydrogen-bond acceptors (Lipinski definition) is 10. The first-order chi connectivity index (χ1) is 32.1. The van der Waals surface area contributed by atoms with Gasteiger partial charge in [-0.05, 0) is 78.4 Å². The Morgan fingerprint density at radius 3 is 1.82 bits per heavy atom. The summed E-state index contributed by atoms with van der Waals surface area (Å²) >= 11 is 0. The third-order valence-corrected chi connectivity index (χ3v) is 18.6. The van der Waals surface area contributed by atoms with Crippen LogP contribution < -0.4 is 14.4 Å². The van der Waals surface area contributed by atoms with Crippen molar-refractivity contribution >= 4 is 31.3 Å². The molecular weight excluding hydrogens is 862 g/mol. The molecule has 0 saturated heterocycles. The van der Waals surface area contributed by atoms with Gasteiger partial charge in [-0.1, -0.05) is 142 Å². The van der Waals surface area contributed by atoms with Gasteiger partial charge >= 0.3 is 0 Å². The first-order valence-electron chi connectivity index (χ1n) is 23.0. The fourth-order valence-corrected chi connectivity index (χ4v) is 11.3. The summed E-state index contributed by atoms with van der Waals surface area (Å²) in [7, 11) is 0.721. The molecule has 1 aromatic heterocycles. The van der Waals surface area contributed by atoms with E-state index in [1.165, 1.54) is 6.07 Å². The molecule has 67 heavy (non-hydrogen) atoms. The van der Waals surface area contributed by atoms with Crippen LogP contribution in [0.1, 0.15) is 82.7 Å². The number of Topliss-reactive ketones (excluding diaryl/α,β-unsaturated/α-hetero) is 2. The number of fused-ring (bicyclic) bond motifs is 4. The molecule has 4 atom stereocenters. The van der Waals surface area contributed by atoms with Crippen molar-refractivity contribution in [2.24, 2.45) is 11.8 Å². The van der Waals surface area contributed by atoms with E-state index >= 15 is 14.0 Å². The normalized spacial score (nSPS) is 20.2. The highest BCUT2D eigenvalue weighted by Crippen LogP contribution is 2.59. The van der Waals surface area contributed by atoms with E-state index in [-0.39, 0.29) is 65.7 Å². The molecule has 346 valence electrons. The monoisotopic (exact) mass is 919 g/mol. The lowest BCUT2D eigenvalue weighted by atomic mass is 9.57. The third kappa shape index (κ3) is 8.40. The van der Waals surface area contributed by atoms with Gasteiger partial charge in [0.1, 0.15) is 30.4 Å². The molecule has 5 aromatic carbocycles. The molecule has 6 aromatic rings. The van der Waals surface area contributed by atoms with E-state index in [1.807, 2.05) is 158 Å². The highest BCUT2D eigenvalue weighted by molar-refractivity contribution is 6.74. The topological polar surface area (TPSA) is 115 Å². The van der Waals surface area contributed by atoms with Gasteiger partial charge in [0.05, 0.1) is 17.3 Å². The summed E-state index contributed by atoms with van der Waals surface area (Å²) in [4.78, 5) is 36.0. The van der Waals surface area contributed by atoms with Gasteiger partial charge in [-0.15, -0.1) is 0 Å².